The van der Waals surface area contributed by atoms with Crippen LogP contribution >= 0.6 is 11.6 Å². The van der Waals surface area contributed by atoms with Crippen molar-refractivity contribution in [2.45, 2.75) is 65.5 Å². The molecule has 1 atom stereocenters. The van der Waals surface area contributed by atoms with E-state index < -0.39 is 0 Å². The monoisotopic (exact) mass is 314 g/mol. The van der Waals surface area contributed by atoms with Crippen LogP contribution in [0.5, 0.6) is 0 Å². The van der Waals surface area contributed by atoms with Crippen LogP contribution in [0.25, 0.3) is 0 Å². The van der Waals surface area contributed by atoms with Crippen LogP contribution in [0.2, 0.25) is 5.02 Å². The Kier molecular flexibility index (Phi) is 6.70. The Morgan fingerprint density at radius 2 is 1.76 bits per heavy atom. The van der Waals surface area contributed by atoms with E-state index in [1.54, 1.807) is 0 Å². The van der Waals surface area contributed by atoms with Crippen LogP contribution in [0.3, 0.4) is 0 Å². The van der Waals surface area contributed by atoms with E-state index in [1.165, 1.54) is 0 Å². The van der Waals surface area contributed by atoms with E-state index >= 15 is 0 Å². The highest BCUT2D eigenvalue weighted by Gasteiger charge is 2.38. The van der Waals surface area contributed by atoms with Gasteiger partial charge in [0.15, 0.2) is 0 Å². The SMILES string of the molecule is CCN(CC)C(CC)(CC)C(N)Cc1c(Cl)c(C)nn1C. The summed E-state index contributed by atoms with van der Waals surface area (Å²) in [7, 11) is 1.94. The van der Waals surface area contributed by atoms with E-state index in [1.807, 2.05) is 18.7 Å². The minimum absolute atomic E-state index is 0.0189. The molecular formula is C16H31ClN4. The van der Waals surface area contributed by atoms with Crippen LogP contribution in [-0.4, -0.2) is 39.4 Å². The molecular weight excluding hydrogens is 284 g/mol. The second-order valence-corrected chi connectivity index (χ2v) is 6.14. The number of nitrogens with zero attached hydrogens (tertiary/aromatic N) is 3. The largest absolute Gasteiger partial charge is 0.326 e. The van der Waals surface area contributed by atoms with Gasteiger partial charge in [-0.3, -0.25) is 9.58 Å². The van der Waals surface area contributed by atoms with Crippen molar-refractivity contribution in [2.75, 3.05) is 13.1 Å². The van der Waals surface area contributed by atoms with Gasteiger partial charge in [0.25, 0.3) is 0 Å². The highest BCUT2D eigenvalue weighted by Crippen LogP contribution is 2.30. The van der Waals surface area contributed by atoms with Crippen molar-refractivity contribution in [1.29, 1.82) is 0 Å². The normalized spacial score (nSPS) is 14.0. The van der Waals surface area contributed by atoms with Gasteiger partial charge in [-0.05, 0) is 32.9 Å². The van der Waals surface area contributed by atoms with Gasteiger partial charge in [0.2, 0.25) is 0 Å². The lowest BCUT2D eigenvalue weighted by Crippen LogP contribution is -2.60. The summed E-state index contributed by atoms with van der Waals surface area (Å²) in [5.74, 6) is 0. The number of hydrogen-bond donors (Lipinski definition) is 1. The van der Waals surface area contributed by atoms with Crippen molar-refractivity contribution in [3.63, 3.8) is 0 Å². The number of aryl methyl sites for hydroxylation is 2. The maximum absolute atomic E-state index is 6.66. The molecule has 0 amide bonds. The number of aromatic nitrogens is 2. The Labute approximate surface area is 134 Å². The summed E-state index contributed by atoms with van der Waals surface area (Å²) in [6.07, 6.45) is 2.84. The fourth-order valence-corrected chi connectivity index (χ4v) is 3.85. The zero-order chi connectivity index (χ0) is 16.2. The molecule has 0 aliphatic heterocycles. The van der Waals surface area contributed by atoms with E-state index in [4.69, 9.17) is 17.3 Å². The third kappa shape index (κ3) is 3.43. The predicted octanol–water partition coefficient (Wildman–Crippen LogP) is 3.15. The average Bonchev–Trinajstić information content (AvgIpc) is 2.71. The molecule has 0 bridgehead atoms. The summed E-state index contributed by atoms with van der Waals surface area (Å²) >= 11 is 6.39. The van der Waals surface area contributed by atoms with Crippen molar-refractivity contribution in [3.8, 4) is 0 Å². The van der Waals surface area contributed by atoms with Gasteiger partial charge in [0, 0.05) is 25.0 Å². The molecule has 1 heterocycles. The van der Waals surface area contributed by atoms with Crippen molar-refractivity contribution in [3.05, 3.63) is 16.4 Å². The Balaban J connectivity index is 3.09. The number of hydrogen-bond acceptors (Lipinski definition) is 3. The molecule has 4 nitrogen and oxygen atoms in total. The third-order valence-corrected chi connectivity index (χ3v) is 5.47. The number of rotatable bonds is 8. The molecule has 2 N–H and O–H groups in total. The topological polar surface area (TPSA) is 47.1 Å². The molecule has 21 heavy (non-hydrogen) atoms. The molecule has 0 radical (unpaired) electrons. The molecule has 0 saturated heterocycles. The lowest BCUT2D eigenvalue weighted by Gasteiger charge is -2.46. The highest BCUT2D eigenvalue weighted by atomic mass is 35.5. The molecule has 0 aliphatic rings. The van der Waals surface area contributed by atoms with E-state index in [0.29, 0.717) is 0 Å². The Hall–Kier alpha value is -0.580. The first kappa shape index (κ1) is 18.5. The predicted molar refractivity (Wildman–Crippen MR) is 90.9 cm³/mol. The Bertz CT molecular complexity index is 447. The van der Waals surface area contributed by atoms with Gasteiger partial charge in [-0.1, -0.05) is 39.3 Å². The second kappa shape index (κ2) is 7.61. The first-order valence-electron chi connectivity index (χ1n) is 8.06. The smallest absolute Gasteiger partial charge is 0.0847 e. The van der Waals surface area contributed by atoms with Crippen molar-refractivity contribution in [2.24, 2.45) is 12.8 Å². The second-order valence-electron chi connectivity index (χ2n) is 5.76. The van der Waals surface area contributed by atoms with Crippen LogP contribution in [0.1, 0.15) is 51.9 Å². The third-order valence-electron chi connectivity index (χ3n) is 4.98. The van der Waals surface area contributed by atoms with E-state index in [-0.39, 0.29) is 11.6 Å². The zero-order valence-electron chi connectivity index (χ0n) is 14.4. The summed E-state index contributed by atoms with van der Waals surface area (Å²) < 4.78 is 1.87. The van der Waals surface area contributed by atoms with Crippen molar-refractivity contribution in [1.82, 2.24) is 14.7 Å². The summed E-state index contributed by atoms with van der Waals surface area (Å²) in [6.45, 7) is 12.9. The summed E-state index contributed by atoms with van der Waals surface area (Å²) in [5.41, 5.74) is 8.60. The van der Waals surface area contributed by atoms with Crippen LogP contribution in [0.4, 0.5) is 0 Å². The van der Waals surface area contributed by atoms with Crippen LogP contribution < -0.4 is 5.73 Å². The molecule has 1 unspecified atom stereocenters. The first-order chi connectivity index (χ1) is 9.87. The number of halogens is 1. The van der Waals surface area contributed by atoms with Gasteiger partial charge in [0.1, 0.15) is 0 Å². The molecule has 0 aromatic carbocycles. The van der Waals surface area contributed by atoms with Crippen LogP contribution in [0.15, 0.2) is 0 Å². The molecule has 1 aromatic heterocycles. The average molecular weight is 315 g/mol. The van der Waals surface area contributed by atoms with Gasteiger partial charge in [-0.15, -0.1) is 0 Å². The fourth-order valence-electron chi connectivity index (χ4n) is 3.61. The molecule has 5 heteroatoms. The maximum Gasteiger partial charge on any atom is 0.0847 e. The molecule has 0 saturated carbocycles. The van der Waals surface area contributed by atoms with Gasteiger partial charge >= 0.3 is 0 Å². The minimum Gasteiger partial charge on any atom is -0.326 e. The van der Waals surface area contributed by atoms with Crippen molar-refractivity contribution < 1.29 is 0 Å². The van der Waals surface area contributed by atoms with Crippen molar-refractivity contribution >= 4 is 11.6 Å². The number of nitrogens with two attached hydrogens (primary N) is 1. The minimum atomic E-state index is 0.0189. The lowest BCUT2D eigenvalue weighted by atomic mass is 9.80. The molecule has 122 valence electrons. The molecule has 0 fully saturated rings. The van der Waals surface area contributed by atoms with Gasteiger partial charge in [-0.25, -0.2) is 0 Å². The summed E-state index contributed by atoms with van der Waals surface area (Å²) in [4.78, 5) is 2.49. The highest BCUT2D eigenvalue weighted by molar-refractivity contribution is 6.31. The Morgan fingerprint density at radius 1 is 1.24 bits per heavy atom. The van der Waals surface area contributed by atoms with Gasteiger partial charge in [0.05, 0.1) is 16.4 Å². The standard InChI is InChI=1S/C16H31ClN4/c1-7-16(8-2,21(9-3)10-4)14(18)11-13-15(17)12(5)19-20(13)6/h14H,7-11,18H2,1-6H3. The fraction of sp³-hybridized carbons (Fsp3) is 0.812. The summed E-state index contributed by atoms with van der Waals surface area (Å²) in [6, 6.07) is 0.0414. The zero-order valence-corrected chi connectivity index (χ0v) is 15.2. The van der Waals surface area contributed by atoms with Gasteiger partial charge in [-0.2, -0.15) is 5.10 Å². The first-order valence-corrected chi connectivity index (χ1v) is 8.44. The van der Waals surface area contributed by atoms with Crippen LogP contribution in [0, 0.1) is 6.92 Å². The number of likely N-dealkylation sites (N-methyl/N-ethyl adjacent to an activating group) is 1. The molecule has 0 aliphatic carbocycles. The lowest BCUT2D eigenvalue weighted by molar-refractivity contribution is 0.0622. The Morgan fingerprint density at radius 3 is 2.10 bits per heavy atom. The maximum atomic E-state index is 6.66. The van der Waals surface area contributed by atoms with E-state index in [0.717, 1.165) is 48.8 Å². The molecule has 1 aromatic rings. The summed E-state index contributed by atoms with van der Waals surface area (Å²) in [5, 5.41) is 5.16. The van der Waals surface area contributed by atoms with E-state index in [9.17, 15) is 0 Å². The molecule has 1 rings (SSSR count). The van der Waals surface area contributed by atoms with Gasteiger partial charge < -0.3 is 5.73 Å². The molecule has 0 spiro atoms. The quantitative estimate of drug-likeness (QED) is 0.802. The van der Waals surface area contributed by atoms with E-state index in [2.05, 4.69) is 37.7 Å². The van der Waals surface area contributed by atoms with Crippen LogP contribution in [-0.2, 0) is 13.5 Å².